The van der Waals surface area contributed by atoms with Crippen LogP contribution in [0.5, 0.6) is 0 Å². The van der Waals surface area contributed by atoms with Gasteiger partial charge in [0.25, 0.3) is 0 Å². The molecule has 0 aromatic carbocycles. The van der Waals surface area contributed by atoms with Crippen LogP contribution in [-0.4, -0.2) is 23.4 Å². The van der Waals surface area contributed by atoms with E-state index in [1.54, 1.807) is 0 Å². The van der Waals surface area contributed by atoms with E-state index in [0.717, 1.165) is 25.0 Å². The summed E-state index contributed by atoms with van der Waals surface area (Å²) in [5.41, 5.74) is 0. The third-order valence-electron chi connectivity index (χ3n) is 0.975. The largest absolute Gasteiger partial charge is 0.393 e. The number of isocyanates is 2. The van der Waals surface area contributed by atoms with E-state index in [2.05, 4.69) is 6.92 Å². The summed E-state index contributed by atoms with van der Waals surface area (Å²) >= 11 is 0. The second kappa shape index (κ2) is 22.4. The molecule has 1 atom stereocenters. The van der Waals surface area contributed by atoms with Crippen LogP contribution in [0.25, 0.3) is 0 Å². The molecule has 3 N–H and O–H groups in total. The van der Waals surface area contributed by atoms with Gasteiger partial charge in [-0.3, -0.25) is 0 Å². The molecule has 0 fully saturated rings. The number of aliphatic hydroxyl groups excluding tert-OH is 1. The zero-order chi connectivity index (χ0) is 11.1. The molecule has 0 aromatic rings. The highest BCUT2D eigenvalue weighted by Crippen LogP contribution is 1.97. The van der Waals surface area contributed by atoms with Crippen molar-refractivity contribution in [3.05, 3.63) is 0 Å². The summed E-state index contributed by atoms with van der Waals surface area (Å²) in [7, 11) is 0. The third kappa shape index (κ3) is 110. The highest BCUT2D eigenvalue weighted by atomic mass is 16.3. The Morgan fingerprint density at radius 2 is 1.62 bits per heavy atom. The molecular weight excluding hydrogens is 172 g/mol. The molecule has 0 aromatic heterocycles. The zero-order valence-corrected chi connectivity index (χ0v) is 7.96. The first-order valence-corrected chi connectivity index (χ1v) is 3.86. The van der Waals surface area contributed by atoms with Crippen LogP contribution in [0.2, 0.25) is 0 Å². The summed E-state index contributed by atoms with van der Waals surface area (Å²) in [5.74, 6) is 0. The van der Waals surface area contributed by atoms with E-state index >= 15 is 0 Å². The van der Waals surface area contributed by atoms with Gasteiger partial charge >= 0.3 is 0 Å². The lowest BCUT2D eigenvalue weighted by Crippen LogP contribution is -1.97. The van der Waals surface area contributed by atoms with Crippen molar-refractivity contribution in [3.8, 4) is 0 Å². The minimum Gasteiger partial charge on any atom is -0.393 e. The molecule has 0 bridgehead atoms. The van der Waals surface area contributed by atoms with Gasteiger partial charge in [-0.05, 0) is 13.3 Å². The molecule has 0 saturated heterocycles. The van der Waals surface area contributed by atoms with Gasteiger partial charge in [0.2, 0.25) is 12.2 Å². The Bertz CT molecular complexity index is 133. The van der Waals surface area contributed by atoms with E-state index in [4.69, 9.17) is 25.5 Å². The SMILES string of the molecule is CCCCC(C)O.N=C=O.N=C=O. The van der Waals surface area contributed by atoms with E-state index in [9.17, 15) is 0 Å². The Kier molecular flexibility index (Phi) is 30.6. The number of carbonyl (C=O) groups excluding carboxylic acids is 2. The van der Waals surface area contributed by atoms with Gasteiger partial charge < -0.3 is 5.11 Å². The fraction of sp³-hybridized carbons (Fsp3) is 0.750. The molecule has 13 heavy (non-hydrogen) atoms. The molecule has 0 spiro atoms. The number of rotatable bonds is 3. The second-order valence-corrected chi connectivity index (χ2v) is 2.20. The van der Waals surface area contributed by atoms with Crippen LogP contribution < -0.4 is 0 Å². The third-order valence-corrected chi connectivity index (χ3v) is 0.975. The van der Waals surface area contributed by atoms with E-state index in [1.807, 2.05) is 6.92 Å². The molecule has 0 aliphatic carbocycles. The Hall–Kier alpha value is -1.28. The molecule has 0 aliphatic heterocycles. The maximum Gasteiger partial charge on any atom is 0.231 e. The van der Waals surface area contributed by atoms with Gasteiger partial charge in [0, 0.05) is 0 Å². The second-order valence-electron chi connectivity index (χ2n) is 2.20. The molecule has 0 radical (unpaired) electrons. The van der Waals surface area contributed by atoms with E-state index in [-0.39, 0.29) is 6.10 Å². The lowest BCUT2D eigenvalue weighted by molar-refractivity contribution is 0.181. The first-order chi connectivity index (χ1) is 6.10. The van der Waals surface area contributed by atoms with Crippen LogP contribution in [0.15, 0.2) is 0 Å². The molecule has 0 heterocycles. The molecule has 0 aliphatic rings. The molecule has 5 nitrogen and oxygen atoms in total. The number of hydrogen-bond donors (Lipinski definition) is 3. The predicted octanol–water partition coefficient (Wildman–Crippen LogP) is 1.36. The minimum absolute atomic E-state index is 0.0973. The van der Waals surface area contributed by atoms with Gasteiger partial charge in [-0.2, -0.15) is 0 Å². The van der Waals surface area contributed by atoms with Gasteiger partial charge in [0.15, 0.2) is 0 Å². The van der Waals surface area contributed by atoms with Crippen LogP contribution in [-0.2, 0) is 9.59 Å². The summed E-state index contributed by atoms with van der Waals surface area (Å²) < 4.78 is 0. The molecule has 0 rings (SSSR count). The normalized spacial score (nSPS) is 8.85. The van der Waals surface area contributed by atoms with Crippen LogP contribution >= 0.6 is 0 Å². The van der Waals surface area contributed by atoms with Gasteiger partial charge in [-0.25, -0.2) is 20.4 Å². The molecule has 76 valence electrons. The van der Waals surface area contributed by atoms with Crippen molar-refractivity contribution in [1.82, 2.24) is 0 Å². The van der Waals surface area contributed by atoms with Gasteiger partial charge in [0.1, 0.15) is 0 Å². The van der Waals surface area contributed by atoms with E-state index in [1.165, 1.54) is 6.42 Å². The lowest BCUT2D eigenvalue weighted by Gasteiger charge is -1.98. The standard InChI is InChI=1S/C6H14O.2CHNO/c1-3-4-5-6(2)7;2*2-1-3/h6-7H,3-5H2,1-2H3;2*2H. The summed E-state index contributed by atoms with van der Waals surface area (Å²) in [6.45, 7) is 3.96. The zero-order valence-electron chi connectivity index (χ0n) is 7.96. The smallest absolute Gasteiger partial charge is 0.231 e. The predicted molar refractivity (Wildman–Crippen MR) is 48.0 cm³/mol. The highest BCUT2D eigenvalue weighted by Gasteiger charge is 1.90. The van der Waals surface area contributed by atoms with Crippen LogP contribution in [0.1, 0.15) is 33.1 Å². The summed E-state index contributed by atoms with van der Waals surface area (Å²) in [4.78, 5) is 16.7. The maximum absolute atomic E-state index is 8.68. The fourth-order valence-corrected chi connectivity index (χ4v) is 0.500. The average molecular weight is 188 g/mol. The van der Waals surface area contributed by atoms with Crippen molar-refractivity contribution >= 4 is 12.2 Å². The Morgan fingerprint density at radius 1 is 1.31 bits per heavy atom. The van der Waals surface area contributed by atoms with Gasteiger partial charge in [-0.1, -0.05) is 19.8 Å². The quantitative estimate of drug-likeness (QED) is 0.460. The van der Waals surface area contributed by atoms with E-state index < -0.39 is 0 Å². The molecule has 0 saturated carbocycles. The summed E-state index contributed by atoms with van der Waals surface area (Å²) in [5, 5.41) is 19.5. The van der Waals surface area contributed by atoms with E-state index in [0.29, 0.717) is 0 Å². The topological polar surface area (TPSA) is 102 Å². The highest BCUT2D eigenvalue weighted by molar-refractivity contribution is 5.26. The lowest BCUT2D eigenvalue weighted by atomic mass is 10.2. The Balaban J connectivity index is -0.000000140. The summed E-state index contributed by atoms with van der Waals surface area (Å²) in [6.07, 6.45) is 4.69. The average Bonchev–Trinajstić information content (AvgIpc) is 2.04. The first kappa shape index (κ1) is 17.7. The molecule has 0 amide bonds. The van der Waals surface area contributed by atoms with Crippen molar-refractivity contribution in [3.63, 3.8) is 0 Å². The first-order valence-electron chi connectivity index (χ1n) is 3.86. The van der Waals surface area contributed by atoms with Crippen molar-refractivity contribution < 1.29 is 14.7 Å². The monoisotopic (exact) mass is 188 g/mol. The number of unbranched alkanes of at least 4 members (excludes halogenated alkanes) is 1. The summed E-state index contributed by atoms with van der Waals surface area (Å²) in [6, 6.07) is 0. The van der Waals surface area contributed by atoms with Crippen LogP contribution in [0.3, 0.4) is 0 Å². The van der Waals surface area contributed by atoms with Crippen molar-refractivity contribution in [2.75, 3.05) is 0 Å². The van der Waals surface area contributed by atoms with Gasteiger partial charge in [0.05, 0.1) is 6.10 Å². The molecular formula is C8H16N2O3. The van der Waals surface area contributed by atoms with Crippen LogP contribution in [0.4, 0.5) is 0 Å². The number of hydrogen-bond acceptors (Lipinski definition) is 5. The van der Waals surface area contributed by atoms with Crippen molar-refractivity contribution in [2.24, 2.45) is 0 Å². The number of aliphatic hydroxyl groups is 1. The maximum atomic E-state index is 8.68. The van der Waals surface area contributed by atoms with Crippen molar-refractivity contribution in [1.29, 1.82) is 10.8 Å². The molecule has 1 unspecified atom stereocenters. The Labute approximate surface area is 77.8 Å². The van der Waals surface area contributed by atoms with Gasteiger partial charge in [-0.15, -0.1) is 0 Å². The number of nitrogens with one attached hydrogen (secondary N) is 2. The Morgan fingerprint density at radius 3 is 1.69 bits per heavy atom. The molecule has 5 heteroatoms. The van der Waals surface area contributed by atoms with Crippen molar-refractivity contribution in [2.45, 2.75) is 39.2 Å². The minimum atomic E-state index is -0.0973. The van der Waals surface area contributed by atoms with Crippen LogP contribution in [0, 0.1) is 10.8 Å². The fourth-order valence-electron chi connectivity index (χ4n) is 0.500.